The first kappa shape index (κ1) is 24.2. The SMILES string of the molecule is CCc1ccc(CNC(=O)c2cc3n(n2)C[C@](C)(C(=O)NCc2ccc(C)cc2)N(C)C3=O)cc1. The standard InChI is InChI=1S/C27H31N5O3/c1-5-19-10-12-21(13-11-19)15-28-24(33)22-14-23-25(34)31(4)27(3,17-32(23)30-22)26(35)29-16-20-8-6-18(2)7-9-20/h6-14H,5,15-17H2,1-4H3,(H,28,33)(H,29,35)/t27-/m1/s1. The molecule has 2 N–H and O–H groups in total. The molecule has 2 aromatic carbocycles. The van der Waals surface area contributed by atoms with Crippen molar-refractivity contribution in [1.29, 1.82) is 0 Å². The lowest BCUT2D eigenvalue weighted by molar-refractivity contribution is -0.132. The highest BCUT2D eigenvalue weighted by Gasteiger charge is 2.46. The fourth-order valence-electron chi connectivity index (χ4n) is 4.08. The number of amides is 3. The molecule has 0 spiro atoms. The van der Waals surface area contributed by atoms with E-state index in [0.29, 0.717) is 13.1 Å². The number of benzene rings is 2. The summed E-state index contributed by atoms with van der Waals surface area (Å²) in [4.78, 5) is 40.4. The molecule has 0 unspecified atom stereocenters. The number of rotatable bonds is 7. The van der Waals surface area contributed by atoms with Gasteiger partial charge in [-0.1, -0.05) is 61.0 Å². The van der Waals surface area contributed by atoms with E-state index in [4.69, 9.17) is 0 Å². The Kier molecular flexibility index (Phi) is 6.73. The van der Waals surface area contributed by atoms with Gasteiger partial charge in [0, 0.05) is 26.2 Å². The molecule has 35 heavy (non-hydrogen) atoms. The second-order valence-corrected chi connectivity index (χ2v) is 9.23. The first-order valence-corrected chi connectivity index (χ1v) is 11.8. The van der Waals surface area contributed by atoms with Gasteiger partial charge in [-0.25, -0.2) is 0 Å². The van der Waals surface area contributed by atoms with Crippen LogP contribution in [0.3, 0.4) is 0 Å². The molecule has 1 aliphatic rings. The Hall–Kier alpha value is -3.94. The summed E-state index contributed by atoms with van der Waals surface area (Å²) in [6.45, 7) is 6.67. The molecular weight excluding hydrogens is 442 g/mol. The summed E-state index contributed by atoms with van der Waals surface area (Å²) in [6.07, 6.45) is 0.957. The van der Waals surface area contributed by atoms with Gasteiger partial charge in [-0.15, -0.1) is 0 Å². The average molecular weight is 474 g/mol. The van der Waals surface area contributed by atoms with Crippen LogP contribution < -0.4 is 10.6 Å². The predicted molar refractivity (Wildman–Crippen MR) is 133 cm³/mol. The number of aryl methyl sites for hydroxylation is 2. The van der Waals surface area contributed by atoms with E-state index in [2.05, 4.69) is 22.7 Å². The van der Waals surface area contributed by atoms with E-state index in [1.54, 1.807) is 14.0 Å². The van der Waals surface area contributed by atoms with E-state index in [1.165, 1.54) is 21.2 Å². The molecule has 3 amide bonds. The number of carbonyl (C=O) groups excluding carboxylic acids is 3. The second-order valence-electron chi connectivity index (χ2n) is 9.23. The van der Waals surface area contributed by atoms with Gasteiger partial charge in [0.2, 0.25) is 5.91 Å². The zero-order valence-electron chi connectivity index (χ0n) is 20.6. The fraction of sp³-hybridized carbons (Fsp3) is 0.333. The van der Waals surface area contributed by atoms with Crippen LogP contribution in [-0.4, -0.2) is 45.0 Å². The Bertz CT molecular complexity index is 1250. The van der Waals surface area contributed by atoms with Gasteiger partial charge in [0.1, 0.15) is 11.2 Å². The van der Waals surface area contributed by atoms with Crippen LogP contribution in [0.4, 0.5) is 0 Å². The number of fused-ring (bicyclic) bond motifs is 1. The molecule has 3 aromatic rings. The molecule has 4 rings (SSSR count). The third kappa shape index (κ3) is 4.96. The van der Waals surface area contributed by atoms with Crippen LogP contribution >= 0.6 is 0 Å². The maximum absolute atomic E-state index is 13.1. The molecule has 0 fully saturated rings. The van der Waals surface area contributed by atoms with Crippen LogP contribution in [0.1, 0.15) is 57.1 Å². The molecule has 1 atom stereocenters. The molecule has 8 nitrogen and oxygen atoms in total. The van der Waals surface area contributed by atoms with Crippen molar-refractivity contribution in [3.8, 4) is 0 Å². The topological polar surface area (TPSA) is 96.3 Å². The number of hydrogen-bond acceptors (Lipinski definition) is 4. The van der Waals surface area contributed by atoms with E-state index in [9.17, 15) is 14.4 Å². The maximum atomic E-state index is 13.1. The highest BCUT2D eigenvalue weighted by atomic mass is 16.2. The van der Waals surface area contributed by atoms with Crippen LogP contribution in [0.5, 0.6) is 0 Å². The number of hydrogen-bond donors (Lipinski definition) is 2. The van der Waals surface area contributed by atoms with Crippen LogP contribution in [-0.2, 0) is 30.8 Å². The summed E-state index contributed by atoms with van der Waals surface area (Å²) >= 11 is 0. The van der Waals surface area contributed by atoms with Gasteiger partial charge < -0.3 is 15.5 Å². The van der Waals surface area contributed by atoms with Gasteiger partial charge in [0.05, 0.1) is 6.54 Å². The average Bonchev–Trinajstić information content (AvgIpc) is 3.29. The number of nitrogens with zero attached hydrogens (tertiary/aromatic N) is 3. The Balaban J connectivity index is 1.44. The highest BCUT2D eigenvalue weighted by molar-refractivity contribution is 6.01. The van der Waals surface area contributed by atoms with Crippen LogP contribution in [0, 0.1) is 6.92 Å². The van der Waals surface area contributed by atoms with Crippen LogP contribution in [0.2, 0.25) is 0 Å². The second kappa shape index (κ2) is 9.74. The minimum atomic E-state index is -1.14. The zero-order valence-corrected chi connectivity index (χ0v) is 20.6. The van der Waals surface area contributed by atoms with Crippen molar-refractivity contribution in [2.75, 3.05) is 7.05 Å². The van der Waals surface area contributed by atoms with Crippen LogP contribution in [0.15, 0.2) is 54.6 Å². The first-order valence-electron chi connectivity index (χ1n) is 11.8. The smallest absolute Gasteiger partial charge is 0.272 e. The van der Waals surface area contributed by atoms with E-state index in [-0.39, 0.29) is 35.7 Å². The quantitative estimate of drug-likeness (QED) is 0.552. The van der Waals surface area contributed by atoms with Gasteiger partial charge in [0.15, 0.2) is 5.69 Å². The van der Waals surface area contributed by atoms with E-state index >= 15 is 0 Å². The van der Waals surface area contributed by atoms with Crippen molar-refractivity contribution >= 4 is 17.7 Å². The summed E-state index contributed by atoms with van der Waals surface area (Å²) in [6, 6.07) is 17.4. The van der Waals surface area contributed by atoms with Crippen molar-refractivity contribution in [2.24, 2.45) is 0 Å². The minimum absolute atomic E-state index is 0.149. The molecule has 0 bridgehead atoms. The van der Waals surface area contributed by atoms with Crippen molar-refractivity contribution in [3.63, 3.8) is 0 Å². The predicted octanol–water partition coefficient (Wildman–Crippen LogP) is 2.84. The first-order chi connectivity index (χ1) is 16.7. The van der Waals surface area contributed by atoms with Crippen molar-refractivity contribution in [2.45, 2.75) is 52.4 Å². The van der Waals surface area contributed by atoms with Gasteiger partial charge in [-0.3, -0.25) is 19.1 Å². The number of likely N-dealkylation sites (N-methyl/N-ethyl adjacent to an activating group) is 1. The number of carbonyl (C=O) groups is 3. The Morgan fingerprint density at radius 3 is 2.17 bits per heavy atom. The molecule has 0 saturated heterocycles. The Morgan fingerprint density at radius 2 is 1.54 bits per heavy atom. The van der Waals surface area contributed by atoms with Gasteiger partial charge in [-0.05, 0) is 37.0 Å². The third-order valence-electron chi connectivity index (χ3n) is 6.68. The van der Waals surface area contributed by atoms with E-state index in [1.807, 2.05) is 55.5 Å². The van der Waals surface area contributed by atoms with E-state index in [0.717, 1.165) is 23.1 Å². The lowest BCUT2D eigenvalue weighted by Crippen LogP contribution is -2.62. The molecule has 1 aliphatic heterocycles. The van der Waals surface area contributed by atoms with Gasteiger partial charge in [0.25, 0.3) is 11.8 Å². The monoisotopic (exact) mass is 473 g/mol. The summed E-state index contributed by atoms with van der Waals surface area (Å²) < 4.78 is 1.46. The highest BCUT2D eigenvalue weighted by Crippen LogP contribution is 2.26. The van der Waals surface area contributed by atoms with Crippen LogP contribution in [0.25, 0.3) is 0 Å². The number of nitrogens with one attached hydrogen (secondary N) is 2. The fourth-order valence-corrected chi connectivity index (χ4v) is 4.08. The molecular formula is C27H31N5O3. The lowest BCUT2D eigenvalue weighted by Gasteiger charge is -2.40. The normalized spacial score (nSPS) is 17.1. The van der Waals surface area contributed by atoms with Gasteiger partial charge >= 0.3 is 0 Å². The zero-order chi connectivity index (χ0) is 25.2. The largest absolute Gasteiger partial charge is 0.350 e. The molecule has 0 radical (unpaired) electrons. The van der Waals surface area contributed by atoms with Crippen molar-refractivity contribution in [1.82, 2.24) is 25.3 Å². The summed E-state index contributed by atoms with van der Waals surface area (Å²) in [5.74, 6) is -1.00. The molecule has 0 saturated carbocycles. The molecule has 8 heteroatoms. The Morgan fingerprint density at radius 1 is 0.971 bits per heavy atom. The maximum Gasteiger partial charge on any atom is 0.272 e. The van der Waals surface area contributed by atoms with Crippen molar-refractivity contribution in [3.05, 3.63) is 88.2 Å². The molecule has 2 heterocycles. The summed E-state index contributed by atoms with van der Waals surface area (Å²) in [5, 5.41) is 10.1. The van der Waals surface area contributed by atoms with E-state index < -0.39 is 5.54 Å². The third-order valence-corrected chi connectivity index (χ3v) is 6.68. The molecule has 1 aromatic heterocycles. The molecule has 0 aliphatic carbocycles. The Labute approximate surface area is 205 Å². The van der Waals surface area contributed by atoms with Crippen molar-refractivity contribution < 1.29 is 14.4 Å². The lowest BCUT2D eigenvalue weighted by atomic mass is 9.95. The number of aromatic nitrogens is 2. The summed E-state index contributed by atoms with van der Waals surface area (Å²) in [5.41, 5.74) is 3.62. The minimum Gasteiger partial charge on any atom is -0.350 e. The van der Waals surface area contributed by atoms with Gasteiger partial charge in [-0.2, -0.15) is 5.10 Å². The molecule has 182 valence electrons. The summed E-state index contributed by atoms with van der Waals surface area (Å²) in [7, 11) is 1.60.